The second kappa shape index (κ2) is 12.6. The van der Waals surface area contributed by atoms with Crippen molar-refractivity contribution in [1.82, 2.24) is 0 Å². The van der Waals surface area contributed by atoms with E-state index in [2.05, 4.69) is 31.2 Å². The second-order valence-corrected chi connectivity index (χ2v) is 10.7. The molecule has 0 saturated heterocycles. The SMILES string of the molecule is CCCc1ccc(CCCCCCCOc2ccc(S(=O)(=O)c3ccc(C)cc3)cc2)cc1. The maximum atomic E-state index is 12.7. The van der Waals surface area contributed by atoms with Crippen LogP contribution < -0.4 is 4.74 Å². The quantitative estimate of drug-likeness (QED) is 0.248. The van der Waals surface area contributed by atoms with Crippen molar-refractivity contribution in [1.29, 1.82) is 0 Å². The van der Waals surface area contributed by atoms with Gasteiger partial charge in [0.1, 0.15) is 5.75 Å². The van der Waals surface area contributed by atoms with Gasteiger partial charge in [-0.25, -0.2) is 8.42 Å². The first-order chi connectivity index (χ1) is 16.0. The van der Waals surface area contributed by atoms with Gasteiger partial charge in [0.25, 0.3) is 0 Å². The minimum Gasteiger partial charge on any atom is -0.494 e. The molecular weight excluding hydrogens is 428 g/mol. The van der Waals surface area contributed by atoms with Gasteiger partial charge < -0.3 is 4.74 Å². The van der Waals surface area contributed by atoms with Crippen molar-refractivity contribution < 1.29 is 13.2 Å². The molecule has 176 valence electrons. The number of unbranched alkanes of at least 4 members (excludes halogenated alkanes) is 4. The summed E-state index contributed by atoms with van der Waals surface area (Å²) in [5.74, 6) is 0.712. The largest absolute Gasteiger partial charge is 0.494 e. The molecule has 0 bridgehead atoms. The zero-order valence-electron chi connectivity index (χ0n) is 19.9. The van der Waals surface area contributed by atoms with E-state index in [-0.39, 0.29) is 0 Å². The Balaban J connectivity index is 1.32. The molecule has 0 fully saturated rings. The number of aryl methyl sites for hydroxylation is 3. The van der Waals surface area contributed by atoms with E-state index in [1.165, 1.54) is 43.2 Å². The molecule has 0 spiro atoms. The van der Waals surface area contributed by atoms with E-state index in [0.29, 0.717) is 22.1 Å². The van der Waals surface area contributed by atoms with Gasteiger partial charge in [-0.1, -0.05) is 74.6 Å². The summed E-state index contributed by atoms with van der Waals surface area (Å²) in [7, 11) is -3.49. The molecule has 4 heteroatoms. The zero-order valence-corrected chi connectivity index (χ0v) is 20.7. The molecule has 0 aromatic heterocycles. The third-order valence-corrected chi connectivity index (χ3v) is 7.69. The third kappa shape index (κ3) is 7.75. The Kier molecular flexibility index (Phi) is 9.56. The first-order valence-corrected chi connectivity index (χ1v) is 13.6. The maximum absolute atomic E-state index is 12.7. The van der Waals surface area contributed by atoms with Crippen molar-refractivity contribution in [2.45, 2.75) is 75.0 Å². The van der Waals surface area contributed by atoms with Crippen LogP contribution in [0.25, 0.3) is 0 Å². The molecule has 3 aromatic rings. The summed E-state index contributed by atoms with van der Waals surface area (Å²) in [5.41, 5.74) is 3.91. The number of sulfone groups is 1. The van der Waals surface area contributed by atoms with E-state index < -0.39 is 9.84 Å². The number of hydrogen-bond acceptors (Lipinski definition) is 3. The normalized spacial score (nSPS) is 11.5. The van der Waals surface area contributed by atoms with Crippen molar-refractivity contribution in [3.63, 3.8) is 0 Å². The van der Waals surface area contributed by atoms with E-state index in [1.807, 2.05) is 19.1 Å². The van der Waals surface area contributed by atoms with E-state index >= 15 is 0 Å². The van der Waals surface area contributed by atoms with Gasteiger partial charge in [-0.15, -0.1) is 0 Å². The molecule has 0 saturated carbocycles. The summed E-state index contributed by atoms with van der Waals surface area (Å²) in [6, 6.07) is 22.7. The van der Waals surface area contributed by atoms with Crippen molar-refractivity contribution in [3.8, 4) is 5.75 Å². The van der Waals surface area contributed by atoms with Crippen LogP contribution in [0.5, 0.6) is 5.75 Å². The predicted octanol–water partition coefficient (Wildman–Crippen LogP) is 7.35. The predicted molar refractivity (Wildman–Crippen MR) is 136 cm³/mol. The van der Waals surface area contributed by atoms with Crippen LogP contribution in [0, 0.1) is 6.92 Å². The van der Waals surface area contributed by atoms with Gasteiger partial charge >= 0.3 is 0 Å². The van der Waals surface area contributed by atoms with Crippen LogP contribution in [0.3, 0.4) is 0 Å². The van der Waals surface area contributed by atoms with Crippen molar-refractivity contribution in [2.75, 3.05) is 6.61 Å². The average molecular weight is 465 g/mol. The fourth-order valence-corrected chi connectivity index (χ4v) is 5.14. The molecule has 3 aromatic carbocycles. The summed E-state index contributed by atoms with van der Waals surface area (Å²) in [5, 5.41) is 0. The molecule has 0 atom stereocenters. The molecule has 0 aliphatic rings. The summed E-state index contributed by atoms with van der Waals surface area (Å²) in [6.45, 7) is 4.81. The molecule has 0 N–H and O–H groups in total. The minimum atomic E-state index is -3.49. The van der Waals surface area contributed by atoms with Gasteiger partial charge in [0.05, 0.1) is 16.4 Å². The van der Waals surface area contributed by atoms with E-state index in [1.54, 1.807) is 36.4 Å². The highest BCUT2D eigenvalue weighted by molar-refractivity contribution is 7.91. The summed E-state index contributed by atoms with van der Waals surface area (Å²) in [4.78, 5) is 0.606. The standard InChI is InChI=1S/C29H36O3S/c1-3-9-25-13-15-26(16-14-25)10-7-5-4-6-8-23-32-27-17-21-29(22-18-27)33(30,31)28-19-11-24(2)12-20-28/h11-22H,3-10,23H2,1-2H3. The Hall–Kier alpha value is -2.59. The van der Waals surface area contributed by atoms with Crippen LogP contribution in [0.1, 0.15) is 62.1 Å². The topological polar surface area (TPSA) is 43.4 Å². The molecule has 0 radical (unpaired) electrons. The van der Waals surface area contributed by atoms with Gasteiger partial charge in [0, 0.05) is 0 Å². The molecule has 0 amide bonds. The molecule has 0 heterocycles. The monoisotopic (exact) mass is 464 g/mol. The third-order valence-electron chi connectivity index (χ3n) is 5.91. The molecule has 0 aliphatic carbocycles. The van der Waals surface area contributed by atoms with Crippen LogP contribution in [-0.2, 0) is 22.7 Å². The molecule has 3 rings (SSSR count). The fraction of sp³-hybridized carbons (Fsp3) is 0.379. The van der Waals surface area contributed by atoms with E-state index in [4.69, 9.17) is 4.74 Å². The lowest BCUT2D eigenvalue weighted by Gasteiger charge is -2.09. The number of rotatable bonds is 13. The lowest BCUT2D eigenvalue weighted by atomic mass is 10.0. The first-order valence-electron chi connectivity index (χ1n) is 12.1. The van der Waals surface area contributed by atoms with E-state index in [9.17, 15) is 8.42 Å². The highest BCUT2D eigenvalue weighted by atomic mass is 32.2. The van der Waals surface area contributed by atoms with Crippen LogP contribution >= 0.6 is 0 Å². The molecule has 0 unspecified atom stereocenters. The first kappa shape index (κ1) is 25.0. The van der Waals surface area contributed by atoms with Crippen LogP contribution in [0.15, 0.2) is 82.6 Å². The number of ether oxygens (including phenoxy) is 1. The molecule has 0 aliphatic heterocycles. The van der Waals surface area contributed by atoms with Gasteiger partial charge in [-0.3, -0.25) is 0 Å². The summed E-state index contributed by atoms with van der Waals surface area (Å²) < 4.78 is 31.3. The number of hydrogen-bond donors (Lipinski definition) is 0. The lowest BCUT2D eigenvalue weighted by Crippen LogP contribution is -2.02. The van der Waals surface area contributed by atoms with Crippen molar-refractivity contribution >= 4 is 9.84 Å². The zero-order chi connectivity index (χ0) is 23.5. The Morgan fingerprint density at radius 3 is 1.76 bits per heavy atom. The molecular formula is C29H36O3S. The van der Waals surface area contributed by atoms with Crippen LogP contribution in [0.2, 0.25) is 0 Å². The Morgan fingerprint density at radius 2 is 1.15 bits per heavy atom. The van der Waals surface area contributed by atoms with Crippen molar-refractivity contribution in [3.05, 3.63) is 89.5 Å². The molecule has 33 heavy (non-hydrogen) atoms. The fourth-order valence-electron chi connectivity index (χ4n) is 3.88. The Morgan fingerprint density at radius 1 is 0.636 bits per heavy atom. The number of benzene rings is 3. The van der Waals surface area contributed by atoms with E-state index in [0.717, 1.165) is 24.8 Å². The second-order valence-electron chi connectivity index (χ2n) is 8.72. The minimum absolute atomic E-state index is 0.290. The lowest BCUT2D eigenvalue weighted by molar-refractivity contribution is 0.304. The highest BCUT2D eigenvalue weighted by Gasteiger charge is 2.17. The van der Waals surface area contributed by atoms with Gasteiger partial charge in [0.15, 0.2) is 0 Å². The van der Waals surface area contributed by atoms with Gasteiger partial charge in [-0.2, -0.15) is 0 Å². The van der Waals surface area contributed by atoms with Crippen molar-refractivity contribution in [2.24, 2.45) is 0 Å². The van der Waals surface area contributed by atoms with Gasteiger partial charge in [0.2, 0.25) is 9.84 Å². The van der Waals surface area contributed by atoms with Gasteiger partial charge in [-0.05, 0) is 80.1 Å². The smallest absolute Gasteiger partial charge is 0.206 e. The Labute approximate surface area is 199 Å². The summed E-state index contributed by atoms with van der Waals surface area (Å²) in [6.07, 6.45) is 9.35. The molecule has 3 nitrogen and oxygen atoms in total. The average Bonchev–Trinajstić information content (AvgIpc) is 2.82. The highest BCUT2D eigenvalue weighted by Crippen LogP contribution is 2.23. The van der Waals surface area contributed by atoms with Crippen LogP contribution in [-0.4, -0.2) is 15.0 Å². The summed E-state index contributed by atoms with van der Waals surface area (Å²) >= 11 is 0. The maximum Gasteiger partial charge on any atom is 0.206 e. The Bertz CT molecular complexity index is 1070. The van der Waals surface area contributed by atoms with Crippen LogP contribution in [0.4, 0.5) is 0 Å².